The van der Waals surface area contributed by atoms with E-state index in [2.05, 4.69) is 5.10 Å². The van der Waals surface area contributed by atoms with Crippen LogP contribution in [0, 0.1) is 11.3 Å². The highest BCUT2D eigenvalue weighted by Crippen LogP contribution is 2.11. The quantitative estimate of drug-likeness (QED) is 0.757. The Morgan fingerprint density at radius 3 is 3.11 bits per heavy atom. The number of aryl methyl sites for hydroxylation is 2. The molecular weight excluding hydrogens is 232 g/mol. The number of amides is 1. The molecule has 0 aromatic carbocycles. The highest BCUT2D eigenvalue weighted by Gasteiger charge is 2.26. The molecule has 1 aromatic rings. The SMILES string of the molecule is CCc1cc(C(=O)N2CCOC(C#N)C2)n(C)n1. The highest BCUT2D eigenvalue weighted by molar-refractivity contribution is 5.92. The molecule has 1 aliphatic heterocycles. The van der Waals surface area contributed by atoms with Gasteiger partial charge in [-0.05, 0) is 12.5 Å². The number of nitriles is 1. The molecule has 2 heterocycles. The first-order valence-electron chi connectivity index (χ1n) is 5.99. The Kier molecular flexibility index (Phi) is 3.63. The summed E-state index contributed by atoms with van der Waals surface area (Å²) in [4.78, 5) is 14.0. The second-order valence-corrected chi connectivity index (χ2v) is 4.24. The van der Waals surface area contributed by atoms with Gasteiger partial charge in [0.2, 0.25) is 0 Å². The molecule has 0 spiro atoms. The van der Waals surface area contributed by atoms with Gasteiger partial charge in [-0.1, -0.05) is 6.92 Å². The maximum atomic E-state index is 12.3. The molecule has 0 bridgehead atoms. The first-order chi connectivity index (χ1) is 8.65. The summed E-state index contributed by atoms with van der Waals surface area (Å²) >= 11 is 0. The summed E-state index contributed by atoms with van der Waals surface area (Å²) in [5.41, 5.74) is 1.45. The smallest absolute Gasteiger partial charge is 0.272 e. The van der Waals surface area contributed by atoms with Crippen molar-refractivity contribution in [1.82, 2.24) is 14.7 Å². The lowest BCUT2D eigenvalue weighted by atomic mass is 10.2. The minimum absolute atomic E-state index is 0.0896. The van der Waals surface area contributed by atoms with Crippen LogP contribution in [0.5, 0.6) is 0 Å². The lowest BCUT2D eigenvalue weighted by Crippen LogP contribution is -2.45. The van der Waals surface area contributed by atoms with E-state index in [9.17, 15) is 4.79 Å². The number of carbonyl (C=O) groups is 1. The van der Waals surface area contributed by atoms with Crippen molar-refractivity contribution in [2.45, 2.75) is 19.4 Å². The second-order valence-electron chi connectivity index (χ2n) is 4.24. The summed E-state index contributed by atoms with van der Waals surface area (Å²) in [6.45, 7) is 3.24. The predicted molar refractivity (Wildman–Crippen MR) is 63.8 cm³/mol. The van der Waals surface area contributed by atoms with Gasteiger partial charge in [0.25, 0.3) is 5.91 Å². The summed E-state index contributed by atoms with van der Waals surface area (Å²) in [5, 5.41) is 13.1. The molecule has 18 heavy (non-hydrogen) atoms. The Hall–Kier alpha value is -1.87. The fourth-order valence-corrected chi connectivity index (χ4v) is 1.97. The molecule has 6 nitrogen and oxygen atoms in total. The largest absolute Gasteiger partial charge is 0.360 e. The van der Waals surface area contributed by atoms with Gasteiger partial charge in [-0.3, -0.25) is 9.48 Å². The summed E-state index contributed by atoms with van der Waals surface area (Å²) in [6, 6.07) is 3.84. The average Bonchev–Trinajstić information content (AvgIpc) is 2.79. The zero-order valence-electron chi connectivity index (χ0n) is 10.6. The van der Waals surface area contributed by atoms with Crippen molar-refractivity contribution in [2.75, 3.05) is 19.7 Å². The molecule has 0 radical (unpaired) electrons. The normalized spacial score (nSPS) is 19.6. The molecule has 0 aliphatic carbocycles. The Bertz CT molecular complexity index is 489. The standard InChI is InChI=1S/C12H16N4O2/c1-3-9-6-11(15(2)14-9)12(17)16-4-5-18-10(7-13)8-16/h6,10H,3-5,8H2,1-2H3. The number of ether oxygens (including phenoxy) is 1. The van der Waals surface area contributed by atoms with Crippen molar-refractivity contribution in [3.63, 3.8) is 0 Å². The van der Waals surface area contributed by atoms with Crippen LogP contribution in [0.2, 0.25) is 0 Å². The van der Waals surface area contributed by atoms with Crippen molar-refractivity contribution in [2.24, 2.45) is 7.05 Å². The number of morpholine rings is 1. The van der Waals surface area contributed by atoms with Gasteiger partial charge in [-0.25, -0.2) is 0 Å². The topological polar surface area (TPSA) is 71.2 Å². The van der Waals surface area contributed by atoms with Crippen LogP contribution in [0.1, 0.15) is 23.1 Å². The molecule has 1 unspecified atom stereocenters. The van der Waals surface area contributed by atoms with Gasteiger partial charge in [-0.15, -0.1) is 0 Å². The van der Waals surface area contributed by atoms with Gasteiger partial charge in [-0.2, -0.15) is 10.4 Å². The lowest BCUT2D eigenvalue weighted by Gasteiger charge is -2.29. The molecule has 96 valence electrons. The van der Waals surface area contributed by atoms with Gasteiger partial charge in [0.1, 0.15) is 5.69 Å². The van der Waals surface area contributed by atoms with Crippen LogP contribution in [0.3, 0.4) is 0 Å². The highest BCUT2D eigenvalue weighted by atomic mass is 16.5. The third-order valence-electron chi connectivity index (χ3n) is 3.01. The fourth-order valence-electron chi connectivity index (χ4n) is 1.97. The van der Waals surface area contributed by atoms with Crippen molar-refractivity contribution in [1.29, 1.82) is 5.26 Å². The summed E-state index contributed by atoms with van der Waals surface area (Å²) in [5.74, 6) is -0.0896. The van der Waals surface area contributed by atoms with Crippen LogP contribution >= 0.6 is 0 Å². The molecule has 1 atom stereocenters. The van der Waals surface area contributed by atoms with Gasteiger partial charge < -0.3 is 9.64 Å². The lowest BCUT2D eigenvalue weighted by molar-refractivity contribution is 0.00297. The van der Waals surface area contributed by atoms with Gasteiger partial charge in [0.05, 0.1) is 24.9 Å². The van der Waals surface area contributed by atoms with Crippen molar-refractivity contribution in [3.05, 3.63) is 17.5 Å². The number of nitrogens with zero attached hydrogens (tertiary/aromatic N) is 4. The fraction of sp³-hybridized carbons (Fsp3) is 0.583. The third-order valence-corrected chi connectivity index (χ3v) is 3.01. The van der Waals surface area contributed by atoms with Crippen molar-refractivity contribution in [3.8, 4) is 6.07 Å². The van der Waals surface area contributed by atoms with Gasteiger partial charge in [0, 0.05) is 13.6 Å². The molecule has 6 heteroatoms. The predicted octanol–water partition coefficient (Wildman–Crippen LogP) is 0.347. The zero-order chi connectivity index (χ0) is 13.1. The molecule has 2 rings (SSSR count). The van der Waals surface area contributed by atoms with Crippen molar-refractivity contribution >= 4 is 5.91 Å². The Labute approximate surface area is 106 Å². The molecule has 1 aliphatic rings. The monoisotopic (exact) mass is 248 g/mol. The number of rotatable bonds is 2. The zero-order valence-corrected chi connectivity index (χ0v) is 10.6. The molecule has 0 N–H and O–H groups in total. The summed E-state index contributed by atoms with van der Waals surface area (Å²) < 4.78 is 6.82. The number of aromatic nitrogens is 2. The molecule has 1 saturated heterocycles. The molecule has 1 aromatic heterocycles. The first-order valence-corrected chi connectivity index (χ1v) is 5.99. The van der Waals surface area contributed by atoms with Crippen LogP contribution in [-0.4, -0.2) is 46.4 Å². The summed E-state index contributed by atoms with van der Waals surface area (Å²) in [6.07, 6.45) is 0.270. The number of carbonyl (C=O) groups excluding carboxylic acids is 1. The van der Waals surface area contributed by atoms with E-state index in [0.717, 1.165) is 12.1 Å². The van der Waals surface area contributed by atoms with Crippen LogP contribution in [0.4, 0.5) is 0 Å². The van der Waals surface area contributed by atoms with Crippen molar-refractivity contribution < 1.29 is 9.53 Å². The van der Waals surface area contributed by atoms with E-state index in [4.69, 9.17) is 10.00 Å². The van der Waals surface area contributed by atoms with E-state index in [1.54, 1.807) is 22.7 Å². The summed E-state index contributed by atoms with van der Waals surface area (Å²) in [7, 11) is 1.76. The maximum Gasteiger partial charge on any atom is 0.272 e. The number of hydrogen-bond acceptors (Lipinski definition) is 4. The van der Waals surface area contributed by atoms with E-state index in [1.807, 2.05) is 13.0 Å². The first kappa shape index (κ1) is 12.6. The van der Waals surface area contributed by atoms with E-state index in [-0.39, 0.29) is 5.91 Å². The molecule has 1 amide bonds. The van der Waals surface area contributed by atoms with E-state index >= 15 is 0 Å². The van der Waals surface area contributed by atoms with E-state index in [0.29, 0.717) is 25.4 Å². The molecule has 1 fully saturated rings. The van der Waals surface area contributed by atoms with Crippen LogP contribution in [0.15, 0.2) is 6.07 Å². The minimum Gasteiger partial charge on any atom is -0.360 e. The minimum atomic E-state index is -0.526. The average molecular weight is 248 g/mol. The molecule has 0 saturated carbocycles. The Morgan fingerprint density at radius 1 is 1.72 bits per heavy atom. The van der Waals surface area contributed by atoms with Gasteiger partial charge >= 0.3 is 0 Å². The van der Waals surface area contributed by atoms with E-state index in [1.165, 1.54) is 0 Å². The van der Waals surface area contributed by atoms with E-state index < -0.39 is 6.10 Å². The molecular formula is C12H16N4O2. The maximum absolute atomic E-state index is 12.3. The Morgan fingerprint density at radius 2 is 2.50 bits per heavy atom. The third kappa shape index (κ3) is 2.36. The second kappa shape index (κ2) is 5.19. The number of hydrogen-bond donors (Lipinski definition) is 0. The van der Waals surface area contributed by atoms with Gasteiger partial charge in [0.15, 0.2) is 6.10 Å². The Balaban J connectivity index is 2.15. The van der Waals surface area contributed by atoms with Crippen LogP contribution in [0.25, 0.3) is 0 Å². The van der Waals surface area contributed by atoms with Crippen LogP contribution in [-0.2, 0) is 18.2 Å². The van der Waals surface area contributed by atoms with Crippen LogP contribution < -0.4 is 0 Å².